The second-order valence-corrected chi connectivity index (χ2v) is 7.99. The van der Waals surface area contributed by atoms with Gasteiger partial charge in [0.1, 0.15) is 0 Å². The molecule has 0 aliphatic rings. The highest BCUT2D eigenvalue weighted by Gasteiger charge is 2.27. The van der Waals surface area contributed by atoms with Crippen molar-refractivity contribution in [3.8, 4) is 0 Å². The van der Waals surface area contributed by atoms with Gasteiger partial charge in [-0.3, -0.25) is 4.79 Å². The van der Waals surface area contributed by atoms with Crippen LogP contribution in [0.1, 0.15) is 105 Å². The summed E-state index contributed by atoms with van der Waals surface area (Å²) in [5, 5.41) is 9.66. The first-order valence-corrected chi connectivity index (χ1v) is 10.1. The lowest BCUT2D eigenvalue weighted by molar-refractivity contribution is -0.144. The number of carbonyl (C=O) groups is 1. The van der Waals surface area contributed by atoms with Crippen molar-refractivity contribution in [2.24, 2.45) is 23.7 Å². The Morgan fingerprint density at radius 1 is 0.826 bits per heavy atom. The quantitative estimate of drug-likeness (QED) is 0.331. The molecule has 0 aromatic carbocycles. The van der Waals surface area contributed by atoms with Crippen molar-refractivity contribution in [2.75, 3.05) is 0 Å². The number of carboxylic acid groups (broad SMARTS) is 1. The van der Waals surface area contributed by atoms with E-state index in [1.165, 1.54) is 57.8 Å². The van der Waals surface area contributed by atoms with Crippen LogP contribution in [0.15, 0.2) is 0 Å². The van der Waals surface area contributed by atoms with Crippen molar-refractivity contribution >= 4 is 5.97 Å². The number of rotatable bonds is 15. The first-order chi connectivity index (χ1) is 10.9. The standard InChI is InChI=1S/C21H42O2/c1-6-8-15-19(12-7-2)16-20(21(22)23)18(5)14-11-9-10-13-17(3)4/h17-20H,6-16H2,1-5H3,(H,22,23). The van der Waals surface area contributed by atoms with Gasteiger partial charge < -0.3 is 5.11 Å². The molecule has 0 saturated carbocycles. The van der Waals surface area contributed by atoms with Crippen LogP contribution >= 0.6 is 0 Å². The molecule has 23 heavy (non-hydrogen) atoms. The summed E-state index contributed by atoms with van der Waals surface area (Å²) in [4.78, 5) is 11.7. The lowest BCUT2D eigenvalue weighted by atomic mass is 9.80. The molecule has 0 amide bonds. The number of hydrogen-bond donors (Lipinski definition) is 1. The predicted octanol–water partition coefficient (Wildman–Crippen LogP) is 6.93. The maximum absolute atomic E-state index is 11.7. The monoisotopic (exact) mass is 326 g/mol. The third-order valence-corrected chi connectivity index (χ3v) is 5.20. The molecule has 0 spiro atoms. The van der Waals surface area contributed by atoms with Gasteiger partial charge in [-0.25, -0.2) is 0 Å². The average Bonchev–Trinajstić information content (AvgIpc) is 2.48. The Balaban J connectivity index is 4.31. The number of unbranched alkanes of at least 4 members (excludes halogenated alkanes) is 3. The van der Waals surface area contributed by atoms with Crippen LogP contribution in [-0.2, 0) is 4.79 Å². The normalized spacial score (nSPS) is 15.6. The van der Waals surface area contributed by atoms with Crippen molar-refractivity contribution in [3.63, 3.8) is 0 Å². The van der Waals surface area contributed by atoms with Crippen molar-refractivity contribution in [2.45, 2.75) is 105 Å². The molecule has 3 atom stereocenters. The molecular formula is C21H42O2. The van der Waals surface area contributed by atoms with E-state index in [9.17, 15) is 9.90 Å². The summed E-state index contributed by atoms with van der Waals surface area (Å²) < 4.78 is 0. The van der Waals surface area contributed by atoms with Gasteiger partial charge in [-0.1, -0.05) is 92.4 Å². The van der Waals surface area contributed by atoms with Gasteiger partial charge in [-0.15, -0.1) is 0 Å². The molecule has 0 saturated heterocycles. The summed E-state index contributed by atoms with van der Waals surface area (Å²) in [5.74, 6) is 0.982. The Hall–Kier alpha value is -0.530. The highest BCUT2D eigenvalue weighted by atomic mass is 16.4. The highest BCUT2D eigenvalue weighted by molar-refractivity contribution is 5.70. The van der Waals surface area contributed by atoms with E-state index in [-0.39, 0.29) is 5.92 Å². The summed E-state index contributed by atoms with van der Waals surface area (Å²) >= 11 is 0. The largest absolute Gasteiger partial charge is 0.481 e. The predicted molar refractivity (Wildman–Crippen MR) is 101 cm³/mol. The molecule has 0 aliphatic heterocycles. The second-order valence-electron chi connectivity index (χ2n) is 7.99. The zero-order chi connectivity index (χ0) is 17.7. The lowest BCUT2D eigenvalue weighted by Crippen LogP contribution is -2.25. The molecule has 138 valence electrons. The van der Waals surface area contributed by atoms with Crippen LogP contribution in [0.25, 0.3) is 0 Å². The minimum Gasteiger partial charge on any atom is -0.481 e. The minimum absolute atomic E-state index is 0.145. The molecule has 2 heteroatoms. The van der Waals surface area contributed by atoms with E-state index in [0.29, 0.717) is 11.8 Å². The van der Waals surface area contributed by atoms with Crippen molar-refractivity contribution in [1.29, 1.82) is 0 Å². The van der Waals surface area contributed by atoms with Crippen molar-refractivity contribution < 1.29 is 9.90 Å². The molecule has 0 aromatic rings. The van der Waals surface area contributed by atoms with Gasteiger partial charge in [0, 0.05) is 0 Å². The third kappa shape index (κ3) is 11.6. The molecule has 0 rings (SSSR count). The molecule has 0 aliphatic carbocycles. The minimum atomic E-state index is -0.572. The van der Waals surface area contributed by atoms with E-state index in [2.05, 4.69) is 34.6 Å². The second kappa shape index (κ2) is 13.9. The Labute approximate surface area is 145 Å². The molecule has 0 fully saturated rings. The molecule has 0 aromatic heterocycles. The third-order valence-electron chi connectivity index (χ3n) is 5.20. The SMILES string of the molecule is CCCCC(CCC)CC(C(=O)O)C(C)CCCCCC(C)C. The molecule has 0 bridgehead atoms. The summed E-state index contributed by atoms with van der Waals surface area (Å²) in [6.07, 6.45) is 13.0. The summed E-state index contributed by atoms with van der Waals surface area (Å²) in [5.41, 5.74) is 0. The summed E-state index contributed by atoms with van der Waals surface area (Å²) in [6.45, 7) is 11.1. The maximum atomic E-state index is 11.7. The van der Waals surface area contributed by atoms with E-state index in [0.717, 1.165) is 18.8 Å². The number of carboxylic acids is 1. The molecular weight excluding hydrogens is 284 g/mol. The van der Waals surface area contributed by atoms with Crippen LogP contribution in [0.2, 0.25) is 0 Å². The van der Waals surface area contributed by atoms with Crippen LogP contribution in [-0.4, -0.2) is 11.1 Å². The Morgan fingerprint density at radius 3 is 2.00 bits per heavy atom. The van der Waals surface area contributed by atoms with Gasteiger partial charge in [0.2, 0.25) is 0 Å². The van der Waals surface area contributed by atoms with Crippen LogP contribution in [0.4, 0.5) is 0 Å². The topological polar surface area (TPSA) is 37.3 Å². The van der Waals surface area contributed by atoms with Gasteiger partial charge in [0.15, 0.2) is 0 Å². The maximum Gasteiger partial charge on any atom is 0.306 e. The Bertz CT molecular complexity index is 286. The van der Waals surface area contributed by atoms with E-state index >= 15 is 0 Å². The number of hydrogen-bond acceptors (Lipinski definition) is 1. The number of aliphatic carboxylic acids is 1. The fourth-order valence-electron chi connectivity index (χ4n) is 3.61. The van der Waals surface area contributed by atoms with Crippen molar-refractivity contribution in [3.05, 3.63) is 0 Å². The smallest absolute Gasteiger partial charge is 0.306 e. The van der Waals surface area contributed by atoms with E-state index in [1.807, 2.05) is 0 Å². The Morgan fingerprint density at radius 2 is 1.48 bits per heavy atom. The molecule has 2 nitrogen and oxygen atoms in total. The molecule has 3 unspecified atom stereocenters. The van der Waals surface area contributed by atoms with Crippen LogP contribution < -0.4 is 0 Å². The van der Waals surface area contributed by atoms with Gasteiger partial charge in [0.05, 0.1) is 5.92 Å². The van der Waals surface area contributed by atoms with Gasteiger partial charge in [0.25, 0.3) is 0 Å². The summed E-state index contributed by atoms with van der Waals surface area (Å²) in [6, 6.07) is 0. The van der Waals surface area contributed by atoms with Crippen LogP contribution in [0.3, 0.4) is 0 Å². The van der Waals surface area contributed by atoms with E-state index in [1.54, 1.807) is 0 Å². The Kier molecular flexibility index (Phi) is 13.5. The van der Waals surface area contributed by atoms with Gasteiger partial charge in [-0.2, -0.15) is 0 Å². The van der Waals surface area contributed by atoms with Crippen molar-refractivity contribution in [1.82, 2.24) is 0 Å². The lowest BCUT2D eigenvalue weighted by Gasteiger charge is -2.25. The van der Waals surface area contributed by atoms with Gasteiger partial charge in [-0.05, 0) is 30.6 Å². The summed E-state index contributed by atoms with van der Waals surface area (Å²) in [7, 11) is 0. The molecule has 0 radical (unpaired) electrons. The zero-order valence-electron chi connectivity index (χ0n) is 16.4. The van der Waals surface area contributed by atoms with Crippen LogP contribution in [0, 0.1) is 23.7 Å². The first-order valence-electron chi connectivity index (χ1n) is 10.1. The fourth-order valence-corrected chi connectivity index (χ4v) is 3.61. The first kappa shape index (κ1) is 22.5. The molecule has 0 heterocycles. The molecule has 1 N–H and O–H groups in total. The van der Waals surface area contributed by atoms with E-state index in [4.69, 9.17) is 0 Å². The highest BCUT2D eigenvalue weighted by Crippen LogP contribution is 2.30. The van der Waals surface area contributed by atoms with Crippen LogP contribution in [0.5, 0.6) is 0 Å². The van der Waals surface area contributed by atoms with Gasteiger partial charge >= 0.3 is 5.97 Å². The zero-order valence-corrected chi connectivity index (χ0v) is 16.4. The fraction of sp³-hybridized carbons (Fsp3) is 0.952. The van der Waals surface area contributed by atoms with E-state index < -0.39 is 5.97 Å². The average molecular weight is 327 g/mol.